The Morgan fingerprint density at radius 2 is 1.95 bits per heavy atom. The molecule has 0 unspecified atom stereocenters. The molecule has 0 aliphatic heterocycles. The minimum atomic E-state index is -0.422. The van der Waals surface area contributed by atoms with Crippen molar-refractivity contribution in [2.75, 3.05) is 20.8 Å². The number of carbonyl (C=O) groups is 2. The first-order valence-electron chi connectivity index (χ1n) is 6.84. The lowest BCUT2D eigenvalue weighted by Gasteiger charge is -2.09. The van der Waals surface area contributed by atoms with Crippen LogP contribution in [0.5, 0.6) is 11.5 Å². The van der Waals surface area contributed by atoms with Gasteiger partial charge in [0.15, 0.2) is 0 Å². The molecule has 1 aromatic rings. The van der Waals surface area contributed by atoms with E-state index in [1.54, 1.807) is 25.1 Å². The number of nitrogens with zero attached hydrogens (tertiary/aromatic N) is 1. The van der Waals surface area contributed by atoms with Gasteiger partial charge in [-0.1, -0.05) is 0 Å². The van der Waals surface area contributed by atoms with Gasteiger partial charge in [-0.2, -0.15) is 5.10 Å². The molecule has 2 amide bonds. The third-order valence-corrected chi connectivity index (χ3v) is 2.79. The van der Waals surface area contributed by atoms with Crippen LogP contribution in [0.1, 0.15) is 30.6 Å². The van der Waals surface area contributed by atoms with Crippen LogP contribution >= 0.6 is 0 Å². The minimum Gasteiger partial charge on any atom is -0.497 e. The maximum absolute atomic E-state index is 12.1. The van der Waals surface area contributed by atoms with Gasteiger partial charge in [0, 0.05) is 18.3 Å². The van der Waals surface area contributed by atoms with E-state index in [1.165, 1.54) is 14.2 Å². The molecular weight excluding hydrogens is 286 g/mol. The lowest BCUT2D eigenvalue weighted by molar-refractivity contribution is -0.119. The molecule has 0 atom stereocenters. The first-order valence-corrected chi connectivity index (χ1v) is 6.84. The fourth-order valence-corrected chi connectivity index (χ4v) is 1.72. The third kappa shape index (κ3) is 5.08. The van der Waals surface area contributed by atoms with Gasteiger partial charge in [0.2, 0.25) is 5.91 Å². The predicted molar refractivity (Wildman–Crippen MR) is 83.4 cm³/mol. The summed E-state index contributed by atoms with van der Waals surface area (Å²) in [5, 5.41) is 6.57. The average molecular weight is 307 g/mol. The monoisotopic (exact) mass is 307 g/mol. The Morgan fingerprint density at radius 3 is 2.55 bits per heavy atom. The van der Waals surface area contributed by atoms with Gasteiger partial charge < -0.3 is 14.8 Å². The summed E-state index contributed by atoms with van der Waals surface area (Å²) in [5.41, 5.74) is 3.24. The van der Waals surface area contributed by atoms with E-state index < -0.39 is 5.91 Å². The van der Waals surface area contributed by atoms with Gasteiger partial charge in [0.25, 0.3) is 5.91 Å². The van der Waals surface area contributed by atoms with Crippen LogP contribution in [0.2, 0.25) is 0 Å². The van der Waals surface area contributed by atoms with E-state index in [0.29, 0.717) is 29.3 Å². The molecule has 0 spiro atoms. The maximum atomic E-state index is 12.1. The lowest BCUT2D eigenvalue weighted by Crippen LogP contribution is -2.26. The molecule has 0 aromatic heterocycles. The number of methoxy groups -OCH3 is 2. The van der Waals surface area contributed by atoms with Gasteiger partial charge in [0.05, 0.1) is 26.2 Å². The molecule has 1 aromatic carbocycles. The molecule has 0 fully saturated rings. The van der Waals surface area contributed by atoms with Crippen LogP contribution in [0.3, 0.4) is 0 Å². The van der Waals surface area contributed by atoms with Crippen molar-refractivity contribution in [2.45, 2.75) is 20.3 Å². The highest BCUT2D eigenvalue weighted by Gasteiger charge is 2.13. The maximum Gasteiger partial charge on any atom is 0.275 e. The predicted octanol–water partition coefficient (Wildman–Crippen LogP) is 1.34. The van der Waals surface area contributed by atoms with E-state index in [-0.39, 0.29) is 12.3 Å². The molecule has 0 aliphatic carbocycles. The molecule has 0 saturated carbocycles. The van der Waals surface area contributed by atoms with Crippen LogP contribution in [-0.2, 0) is 4.79 Å². The number of hydrogen-bond donors (Lipinski definition) is 2. The summed E-state index contributed by atoms with van der Waals surface area (Å²) in [7, 11) is 3.00. The van der Waals surface area contributed by atoms with E-state index in [2.05, 4.69) is 15.8 Å². The first-order chi connectivity index (χ1) is 10.5. The number of rotatable bonds is 7. The van der Waals surface area contributed by atoms with E-state index in [4.69, 9.17) is 9.47 Å². The summed E-state index contributed by atoms with van der Waals surface area (Å²) in [6.45, 7) is 4.06. The zero-order chi connectivity index (χ0) is 16.5. The Labute approximate surface area is 129 Å². The van der Waals surface area contributed by atoms with Crippen LogP contribution in [0.15, 0.2) is 23.3 Å². The molecule has 0 radical (unpaired) electrons. The normalized spacial score (nSPS) is 10.8. The summed E-state index contributed by atoms with van der Waals surface area (Å²) in [6, 6.07) is 4.85. The Kier molecular flexibility index (Phi) is 6.88. The number of nitrogens with one attached hydrogen (secondary N) is 2. The van der Waals surface area contributed by atoms with Crippen molar-refractivity contribution in [1.82, 2.24) is 10.7 Å². The Hall–Kier alpha value is -2.57. The van der Waals surface area contributed by atoms with E-state index >= 15 is 0 Å². The standard InChI is InChI=1S/C15H21N3O4/c1-5-16-14(19)8-10(2)17-18-15(20)12-7-6-11(21-3)9-13(12)22-4/h6-7,9H,5,8H2,1-4H3,(H,16,19)(H,18,20)/b17-10-. The molecule has 0 aliphatic rings. The summed E-state index contributed by atoms with van der Waals surface area (Å²) in [6.07, 6.45) is 0.133. The third-order valence-electron chi connectivity index (χ3n) is 2.79. The minimum absolute atomic E-state index is 0.133. The Morgan fingerprint density at radius 1 is 1.23 bits per heavy atom. The van der Waals surface area contributed by atoms with Crippen LogP contribution in [0, 0.1) is 0 Å². The second-order valence-corrected chi connectivity index (χ2v) is 4.48. The van der Waals surface area contributed by atoms with E-state index in [1.807, 2.05) is 6.92 Å². The highest BCUT2D eigenvalue weighted by molar-refractivity contribution is 6.01. The summed E-state index contributed by atoms with van der Waals surface area (Å²) in [4.78, 5) is 23.5. The van der Waals surface area contributed by atoms with Crippen molar-refractivity contribution >= 4 is 17.5 Å². The zero-order valence-electron chi connectivity index (χ0n) is 13.2. The van der Waals surface area contributed by atoms with Gasteiger partial charge in [-0.3, -0.25) is 9.59 Å². The highest BCUT2D eigenvalue weighted by Crippen LogP contribution is 2.24. The van der Waals surface area contributed by atoms with Crippen LogP contribution in [0.25, 0.3) is 0 Å². The van der Waals surface area contributed by atoms with Gasteiger partial charge >= 0.3 is 0 Å². The molecule has 0 saturated heterocycles. The molecule has 0 heterocycles. The number of amides is 2. The smallest absolute Gasteiger partial charge is 0.275 e. The summed E-state index contributed by atoms with van der Waals surface area (Å²) < 4.78 is 10.2. The Bertz CT molecular complexity index is 570. The SMILES string of the molecule is CCNC(=O)C/C(C)=N\NC(=O)c1ccc(OC)cc1OC. The zero-order valence-corrected chi connectivity index (χ0v) is 13.2. The number of carbonyl (C=O) groups excluding carboxylic acids is 2. The Balaban J connectivity index is 2.74. The largest absolute Gasteiger partial charge is 0.497 e. The first kappa shape index (κ1) is 17.5. The van der Waals surface area contributed by atoms with Crippen molar-refractivity contribution in [3.63, 3.8) is 0 Å². The topological polar surface area (TPSA) is 89.0 Å². The van der Waals surface area contributed by atoms with Gasteiger partial charge in [-0.05, 0) is 26.0 Å². The number of hydrogen-bond acceptors (Lipinski definition) is 5. The molecular formula is C15H21N3O4. The van der Waals surface area contributed by atoms with Crippen molar-refractivity contribution in [2.24, 2.45) is 5.10 Å². The van der Waals surface area contributed by atoms with Gasteiger partial charge in [-0.15, -0.1) is 0 Å². The molecule has 22 heavy (non-hydrogen) atoms. The molecule has 2 N–H and O–H groups in total. The fraction of sp³-hybridized carbons (Fsp3) is 0.400. The second kappa shape index (κ2) is 8.66. The number of ether oxygens (including phenoxy) is 2. The molecule has 1 rings (SSSR count). The van der Waals surface area contributed by atoms with Crippen LogP contribution in [0.4, 0.5) is 0 Å². The van der Waals surface area contributed by atoms with Crippen LogP contribution < -0.4 is 20.2 Å². The fourth-order valence-electron chi connectivity index (χ4n) is 1.72. The van der Waals surface area contributed by atoms with Gasteiger partial charge in [-0.25, -0.2) is 5.43 Å². The molecule has 7 heteroatoms. The molecule has 0 bridgehead atoms. The van der Waals surface area contributed by atoms with E-state index in [0.717, 1.165) is 0 Å². The summed E-state index contributed by atoms with van der Waals surface area (Å²) >= 11 is 0. The van der Waals surface area contributed by atoms with Crippen molar-refractivity contribution in [3.05, 3.63) is 23.8 Å². The lowest BCUT2D eigenvalue weighted by atomic mass is 10.2. The second-order valence-electron chi connectivity index (χ2n) is 4.48. The van der Waals surface area contributed by atoms with Crippen molar-refractivity contribution in [1.29, 1.82) is 0 Å². The summed E-state index contributed by atoms with van der Waals surface area (Å²) in [5.74, 6) is 0.410. The average Bonchev–Trinajstić information content (AvgIpc) is 2.52. The number of hydrazone groups is 1. The van der Waals surface area contributed by atoms with Crippen LogP contribution in [-0.4, -0.2) is 38.3 Å². The van der Waals surface area contributed by atoms with Crippen molar-refractivity contribution < 1.29 is 19.1 Å². The van der Waals surface area contributed by atoms with Gasteiger partial charge in [0.1, 0.15) is 11.5 Å². The number of benzene rings is 1. The molecule has 7 nitrogen and oxygen atoms in total. The quantitative estimate of drug-likeness (QED) is 0.587. The van der Waals surface area contributed by atoms with Crippen molar-refractivity contribution in [3.8, 4) is 11.5 Å². The van der Waals surface area contributed by atoms with E-state index in [9.17, 15) is 9.59 Å². The molecule has 120 valence electrons. The highest BCUT2D eigenvalue weighted by atomic mass is 16.5.